The fourth-order valence-electron chi connectivity index (χ4n) is 6.87. The zero-order valence-corrected chi connectivity index (χ0v) is 29.4. The van der Waals surface area contributed by atoms with E-state index < -0.39 is 23.8 Å². The molecule has 3 aromatic heterocycles. The summed E-state index contributed by atoms with van der Waals surface area (Å²) in [6.07, 6.45) is -2.03. The first-order chi connectivity index (χ1) is 22.9. The van der Waals surface area contributed by atoms with E-state index in [-0.39, 0.29) is 17.0 Å². The molecule has 5 heterocycles. The lowest BCUT2D eigenvalue weighted by atomic mass is 10.0. The van der Waals surface area contributed by atoms with Crippen molar-refractivity contribution in [3.05, 3.63) is 52.3 Å². The molecule has 0 radical (unpaired) electrons. The van der Waals surface area contributed by atoms with Crippen LogP contribution in [0.25, 0.3) is 21.1 Å². The van der Waals surface area contributed by atoms with E-state index in [1.807, 2.05) is 24.5 Å². The molecule has 2 atom stereocenters. The molecule has 0 saturated carbocycles. The molecular formula is C33H42F3N9OS2. The first kappa shape index (κ1) is 34.7. The summed E-state index contributed by atoms with van der Waals surface area (Å²) in [6, 6.07) is 10.7. The molecule has 2 saturated heterocycles. The molecule has 0 amide bonds. The smallest absolute Gasteiger partial charge is 0.367 e. The first-order valence-corrected chi connectivity index (χ1v) is 18.2. The number of benzene rings is 1. The average molecular weight is 702 g/mol. The number of anilines is 1. The molecule has 2 aliphatic heterocycles. The standard InChI is InChI=1S/C33H42F3N9OS2/c1-22(43-11-13-44(14-12-43)48(46)41(3)4)19-45-26(18-37)15-28-23(2)24(5-6-30(28)45)20-42-9-7-25(8-10-42)40-31-29-16-27(17-33(34,35)36)47-32(29)39-21-38-31/h5-6,15-16,21-22,25H,7-14,17,19-20H2,1-4H3,(H,38,39,40). The number of alkyl halides is 3. The second kappa shape index (κ2) is 14.4. The number of likely N-dealkylation sites (tertiary alicyclic amines) is 1. The third-order valence-electron chi connectivity index (χ3n) is 9.54. The van der Waals surface area contributed by atoms with Crippen LogP contribution in [0.2, 0.25) is 0 Å². The van der Waals surface area contributed by atoms with Crippen molar-refractivity contribution in [2.24, 2.45) is 0 Å². The first-order valence-electron chi connectivity index (χ1n) is 16.3. The van der Waals surface area contributed by atoms with Crippen molar-refractivity contribution in [3.8, 4) is 6.07 Å². The summed E-state index contributed by atoms with van der Waals surface area (Å²) in [5, 5.41) is 15.3. The van der Waals surface area contributed by atoms with Gasteiger partial charge in [-0.05, 0) is 56.0 Å². The molecule has 1 aromatic carbocycles. The fraction of sp³-hybridized carbons (Fsp3) is 0.545. The Morgan fingerprint density at radius 2 is 1.83 bits per heavy atom. The molecule has 2 unspecified atom stereocenters. The SMILES string of the molecule is Cc1c(CN2CCC(Nc3ncnc4sc(CC(F)(F)F)cc34)CC2)ccc2c1cc(C#N)n2CC(C)N1CCN(S(=O)N(C)C)CC1. The predicted octanol–water partition coefficient (Wildman–Crippen LogP) is 5.15. The number of nitrogens with one attached hydrogen (secondary N) is 1. The molecule has 0 spiro atoms. The van der Waals surface area contributed by atoms with Gasteiger partial charge in [-0.15, -0.1) is 11.3 Å². The number of hydrogen-bond acceptors (Lipinski definition) is 8. The Morgan fingerprint density at radius 1 is 1.10 bits per heavy atom. The lowest BCUT2D eigenvalue weighted by Gasteiger charge is -2.38. The van der Waals surface area contributed by atoms with Crippen molar-refractivity contribution in [2.45, 2.75) is 64.5 Å². The molecule has 0 bridgehead atoms. The van der Waals surface area contributed by atoms with Gasteiger partial charge in [0.2, 0.25) is 0 Å². The van der Waals surface area contributed by atoms with Gasteiger partial charge in [-0.25, -0.2) is 22.8 Å². The fourth-order valence-corrected chi connectivity index (χ4v) is 8.83. The summed E-state index contributed by atoms with van der Waals surface area (Å²) in [7, 11) is 3.66. The predicted molar refractivity (Wildman–Crippen MR) is 185 cm³/mol. The van der Waals surface area contributed by atoms with Crippen LogP contribution < -0.4 is 5.32 Å². The maximum absolute atomic E-state index is 13.0. The minimum absolute atomic E-state index is 0.168. The van der Waals surface area contributed by atoms with Crippen molar-refractivity contribution >= 4 is 49.4 Å². The number of piperidine rings is 1. The largest absolute Gasteiger partial charge is 0.393 e. The molecule has 15 heteroatoms. The Bertz CT molecular complexity index is 1820. The topological polar surface area (TPSA) is 96.6 Å². The Morgan fingerprint density at radius 3 is 2.50 bits per heavy atom. The molecule has 2 aliphatic rings. The van der Waals surface area contributed by atoms with E-state index in [1.54, 1.807) is 10.4 Å². The van der Waals surface area contributed by atoms with Crippen LogP contribution in [0.3, 0.4) is 0 Å². The monoisotopic (exact) mass is 701 g/mol. The van der Waals surface area contributed by atoms with Gasteiger partial charge in [0.15, 0.2) is 11.2 Å². The van der Waals surface area contributed by atoms with E-state index in [2.05, 4.69) is 61.7 Å². The number of hydrogen-bond donors (Lipinski definition) is 1. The Labute approximate surface area is 285 Å². The van der Waals surface area contributed by atoms with Gasteiger partial charge in [0.05, 0.1) is 11.8 Å². The van der Waals surface area contributed by atoms with Crippen molar-refractivity contribution < 1.29 is 17.4 Å². The van der Waals surface area contributed by atoms with Gasteiger partial charge in [0, 0.05) is 94.3 Å². The van der Waals surface area contributed by atoms with E-state index >= 15 is 0 Å². The number of thiophene rings is 1. The third kappa shape index (κ3) is 7.69. The number of rotatable bonds is 10. The summed E-state index contributed by atoms with van der Waals surface area (Å²) in [5.41, 5.74) is 4.15. The molecule has 6 rings (SSSR count). The number of nitrogens with zero attached hydrogens (tertiary/aromatic N) is 8. The highest BCUT2D eigenvalue weighted by Gasteiger charge is 2.30. The second-order valence-corrected chi connectivity index (χ2v) is 15.9. The highest BCUT2D eigenvalue weighted by atomic mass is 32.2. The number of halogens is 3. The van der Waals surface area contributed by atoms with E-state index in [0.717, 1.165) is 80.9 Å². The number of piperazine rings is 1. The van der Waals surface area contributed by atoms with Gasteiger partial charge < -0.3 is 9.88 Å². The Balaban J connectivity index is 1.07. The average Bonchev–Trinajstić information content (AvgIpc) is 3.63. The summed E-state index contributed by atoms with van der Waals surface area (Å²) in [5.74, 6) is 0.597. The minimum Gasteiger partial charge on any atom is -0.367 e. The van der Waals surface area contributed by atoms with Crippen molar-refractivity contribution in [2.75, 3.05) is 58.7 Å². The molecule has 0 aliphatic carbocycles. The molecule has 1 N–H and O–H groups in total. The number of fused-ring (bicyclic) bond motifs is 2. The summed E-state index contributed by atoms with van der Waals surface area (Å²) in [4.78, 5) is 14.2. The number of nitriles is 1. The highest BCUT2D eigenvalue weighted by molar-refractivity contribution is 7.80. The maximum Gasteiger partial charge on any atom is 0.393 e. The lowest BCUT2D eigenvalue weighted by molar-refractivity contribution is -0.126. The van der Waals surface area contributed by atoms with Gasteiger partial charge in [-0.3, -0.25) is 9.80 Å². The van der Waals surface area contributed by atoms with Crippen molar-refractivity contribution in [3.63, 3.8) is 0 Å². The summed E-state index contributed by atoms with van der Waals surface area (Å²) >= 11 is -0.0495. The zero-order valence-electron chi connectivity index (χ0n) is 27.8. The quantitative estimate of drug-likeness (QED) is 0.244. The van der Waals surface area contributed by atoms with Crippen LogP contribution >= 0.6 is 11.3 Å². The normalized spacial score (nSPS) is 18.9. The summed E-state index contributed by atoms with van der Waals surface area (Å²) < 4.78 is 57.2. The van der Waals surface area contributed by atoms with Crippen LogP contribution in [-0.4, -0.2) is 109 Å². The van der Waals surface area contributed by atoms with Gasteiger partial charge >= 0.3 is 6.18 Å². The summed E-state index contributed by atoms with van der Waals surface area (Å²) in [6.45, 7) is 10.8. The van der Waals surface area contributed by atoms with Crippen LogP contribution in [0, 0.1) is 18.3 Å². The maximum atomic E-state index is 13.0. The Kier molecular flexibility index (Phi) is 10.4. The van der Waals surface area contributed by atoms with E-state index in [1.165, 1.54) is 17.5 Å². The van der Waals surface area contributed by atoms with Crippen LogP contribution in [-0.2, 0) is 30.7 Å². The van der Waals surface area contributed by atoms with Crippen molar-refractivity contribution in [1.29, 1.82) is 5.26 Å². The number of aryl methyl sites for hydroxylation is 1. The van der Waals surface area contributed by atoms with Gasteiger partial charge in [-0.2, -0.15) is 18.4 Å². The highest BCUT2D eigenvalue weighted by Crippen LogP contribution is 2.33. The molecular weight excluding hydrogens is 660 g/mol. The third-order valence-corrected chi connectivity index (χ3v) is 12.0. The zero-order chi connectivity index (χ0) is 34.2. The molecule has 258 valence electrons. The van der Waals surface area contributed by atoms with E-state index in [0.29, 0.717) is 28.3 Å². The minimum atomic E-state index is -4.26. The molecule has 4 aromatic rings. The van der Waals surface area contributed by atoms with Gasteiger partial charge in [0.25, 0.3) is 0 Å². The Hall–Kier alpha value is -3.13. The molecule has 48 heavy (non-hydrogen) atoms. The molecule has 10 nitrogen and oxygen atoms in total. The van der Waals surface area contributed by atoms with E-state index in [4.69, 9.17) is 0 Å². The molecule has 2 fully saturated rings. The van der Waals surface area contributed by atoms with Gasteiger partial charge in [0.1, 0.15) is 28.7 Å². The number of aromatic nitrogens is 3. The van der Waals surface area contributed by atoms with E-state index in [9.17, 15) is 22.6 Å². The van der Waals surface area contributed by atoms with Crippen LogP contribution in [0.5, 0.6) is 0 Å². The lowest BCUT2D eigenvalue weighted by Crippen LogP contribution is -2.52. The van der Waals surface area contributed by atoms with Gasteiger partial charge in [-0.1, -0.05) is 6.07 Å². The van der Waals surface area contributed by atoms with Crippen molar-refractivity contribution in [1.82, 2.24) is 32.9 Å². The van der Waals surface area contributed by atoms with Crippen LogP contribution in [0.1, 0.15) is 41.5 Å². The van der Waals surface area contributed by atoms with Crippen LogP contribution in [0.4, 0.5) is 19.0 Å². The second-order valence-electron chi connectivity index (χ2n) is 13.0. The van der Waals surface area contributed by atoms with Crippen LogP contribution in [0.15, 0.2) is 30.6 Å².